The molecule has 0 aliphatic rings. The van der Waals surface area contributed by atoms with Crippen molar-refractivity contribution in [3.8, 4) is 11.4 Å². The smallest absolute Gasteiger partial charge is 0.248 e. The van der Waals surface area contributed by atoms with Gasteiger partial charge in [0.25, 0.3) is 0 Å². The second-order valence-electron chi connectivity index (χ2n) is 6.70. The van der Waals surface area contributed by atoms with Gasteiger partial charge in [-0.3, -0.25) is 4.79 Å². The van der Waals surface area contributed by atoms with Gasteiger partial charge in [0.05, 0.1) is 17.8 Å². The van der Waals surface area contributed by atoms with Crippen LogP contribution in [0.5, 0.6) is 5.75 Å². The molecule has 1 N–H and O–H groups in total. The summed E-state index contributed by atoms with van der Waals surface area (Å²) in [4.78, 5) is 13.8. The summed E-state index contributed by atoms with van der Waals surface area (Å²) >= 11 is 6.21. The number of rotatable bonds is 5. The van der Waals surface area contributed by atoms with Crippen molar-refractivity contribution < 1.29 is 9.53 Å². The van der Waals surface area contributed by atoms with E-state index in [1.807, 2.05) is 55.5 Å². The Hall–Kier alpha value is -3.64. The number of nitrogens with one attached hydrogen (secondary N) is 1. The molecule has 0 aliphatic heterocycles. The topological polar surface area (TPSA) is 69.0 Å². The number of hydrogen-bond acceptors (Lipinski definition) is 4. The number of fused-ring (bicyclic) bond motifs is 1. The Bertz CT molecular complexity index is 1250. The van der Waals surface area contributed by atoms with E-state index in [2.05, 4.69) is 15.5 Å². The molecule has 4 aromatic rings. The third-order valence-electron chi connectivity index (χ3n) is 4.58. The Morgan fingerprint density at radius 2 is 1.80 bits per heavy atom. The van der Waals surface area contributed by atoms with Gasteiger partial charge in [0.1, 0.15) is 16.8 Å². The average molecular weight is 419 g/mol. The molecule has 30 heavy (non-hydrogen) atoms. The zero-order chi connectivity index (χ0) is 21.1. The molecule has 0 unspecified atom stereocenters. The maximum absolute atomic E-state index is 12.3. The van der Waals surface area contributed by atoms with Crippen LogP contribution in [0.2, 0.25) is 5.02 Å². The van der Waals surface area contributed by atoms with E-state index in [1.165, 1.54) is 10.9 Å². The average Bonchev–Trinajstić information content (AvgIpc) is 3.16. The molecule has 0 fully saturated rings. The number of carbonyl (C=O) groups excluding carboxylic acids is 1. The van der Waals surface area contributed by atoms with Crippen LogP contribution in [0.3, 0.4) is 0 Å². The van der Waals surface area contributed by atoms with E-state index in [1.54, 1.807) is 25.3 Å². The Morgan fingerprint density at radius 3 is 2.50 bits per heavy atom. The Kier molecular flexibility index (Phi) is 5.50. The molecule has 0 radical (unpaired) electrons. The van der Waals surface area contributed by atoms with E-state index >= 15 is 0 Å². The molecule has 3 aromatic carbocycles. The number of benzene rings is 3. The predicted octanol–water partition coefficient (Wildman–Crippen LogP) is 5.04. The van der Waals surface area contributed by atoms with Crippen LogP contribution in [0.15, 0.2) is 66.7 Å². The number of halogens is 1. The van der Waals surface area contributed by atoms with Crippen LogP contribution >= 0.6 is 11.6 Å². The van der Waals surface area contributed by atoms with Gasteiger partial charge in [-0.05, 0) is 54.5 Å². The van der Waals surface area contributed by atoms with E-state index in [-0.39, 0.29) is 5.91 Å². The lowest BCUT2D eigenvalue weighted by Crippen LogP contribution is -2.08. The molecule has 0 aliphatic carbocycles. The molecule has 0 saturated carbocycles. The Balaban J connectivity index is 1.58. The molecule has 4 rings (SSSR count). The van der Waals surface area contributed by atoms with Gasteiger partial charge in [0.2, 0.25) is 5.91 Å². The number of aryl methyl sites for hydroxylation is 1. The van der Waals surface area contributed by atoms with Gasteiger partial charge in [-0.15, -0.1) is 10.2 Å². The first-order valence-corrected chi connectivity index (χ1v) is 9.67. The summed E-state index contributed by atoms with van der Waals surface area (Å²) in [6.07, 6.45) is 3.28. The van der Waals surface area contributed by atoms with Crippen LogP contribution in [0.1, 0.15) is 11.1 Å². The van der Waals surface area contributed by atoms with Gasteiger partial charge >= 0.3 is 0 Å². The summed E-state index contributed by atoms with van der Waals surface area (Å²) < 4.78 is 5.18. The fourth-order valence-corrected chi connectivity index (χ4v) is 3.26. The van der Waals surface area contributed by atoms with Crippen LogP contribution in [0.25, 0.3) is 22.8 Å². The molecule has 0 spiro atoms. The summed E-state index contributed by atoms with van der Waals surface area (Å²) in [6.45, 7) is 1.92. The predicted molar refractivity (Wildman–Crippen MR) is 119 cm³/mol. The molecule has 0 saturated heterocycles. The first-order chi connectivity index (χ1) is 14.5. The monoisotopic (exact) mass is 418 g/mol. The van der Waals surface area contributed by atoms with Crippen LogP contribution in [0.4, 0.5) is 5.69 Å². The van der Waals surface area contributed by atoms with Gasteiger partial charge in [0.15, 0.2) is 0 Å². The van der Waals surface area contributed by atoms with Crippen molar-refractivity contribution in [3.05, 3.63) is 82.9 Å². The van der Waals surface area contributed by atoms with Crippen LogP contribution in [0, 0.1) is 6.92 Å². The lowest BCUT2D eigenvalue weighted by Gasteiger charge is -2.05. The maximum Gasteiger partial charge on any atom is 0.248 e. The summed E-state index contributed by atoms with van der Waals surface area (Å²) in [5.74, 6) is 0.372. The molecule has 0 atom stereocenters. The van der Waals surface area contributed by atoms with Crippen LogP contribution in [-0.4, -0.2) is 28.0 Å². The van der Waals surface area contributed by atoms with Gasteiger partial charge in [-0.25, -0.2) is 0 Å². The zero-order valence-corrected chi connectivity index (χ0v) is 17.2. The molecular weight excluding hydrogens is 400 g/mol. The number of amides is 1. The number of anilines is 1. The minimum absolute atomic E-state index is 0.212. The van der Waals surface area contributed by atoms with Crippen molar-refractivity contribution >= 4 is 40.3 Å². The summed E-state index contributed by atoms with van der Waals surface area (Å²) in [5.41, 5.74) is 4.63. The first kappa shape index (κ1) is 19.7. The molecule has 1 aromatic heterocycles. The number of nitrogens with zero attached hydrogens (tertiary/aromatic N) is 3. The van der Waals surface area contributed by atoms with E-state index in [9.17, 15) is 4.79 Å². The highest BCUT2D eigenvalue weighted by Crippen LogP contribution is 2.27. The SMILES string of the molecule is COc1ccc(-n2nc3cc(C)c(NC(=O)C=Cc4ccccc4)cc3n2)cc1Cl. The fraction of sp³-hybridized carbons (Fsp3) is 0.0870. The number of methoxy groups -OCH3 is 1. The van der Waals surface area contributed by atoms with E-state index < -0.39 is 0 Å². The second-order valence-corrected chi connectivity index (χ2v) is 7.10. The van der Waals surface area contributed by atoms with Crippen molar-refractivity contribution in [2.75, 3.05) is 12.4 Å². The highest BCUT2D eigenvalue weighted by molar-refractivity contribution is 6.32. The molecule has 1 heterocycles. The highest BCUT2D eigenvalue weighted by atomic mass is 35.5. The van der Waals surface area contributed by atoms with Crippen molar-refractivity contribution in [2.45, 2.75) is 6.92 Å². The standard InChI is InChI=1S/C23H19ClN4O2/c1-15-12-20-21(27-28(26-20)17-9-10-22(30-2)18(24)13-17)14-19(15)25-23(29)11-8-16-6-4-3-5-7-16/h3-14H,1-2H3,(H,25,29). The molecular formula is C23H19ClN4O2. The third-order valence-corrected chi connectivity index (χ3v) is 4.87. The highest BCUT2D eigenvalue weighted by Gasteiger charge is 2.11. The van der Waals surface area contributed by atoms with Gasteiger partial charge in [-0.2, -0.15) is 4.80 Å². The first-order valence-electron chi connectivity index (χ1n) is 9.29. The largest absolute Gasteiger partial charge is 0.495 e. The fourth-order valence-electron chi connectivity index (χ4n) is 3.01. The second kappa shape index (κ2) is 8.39. The van der Waals surface area contributed by atoms with E-state index in [4.69, 9.17) is 16.3 Å². The van der Waals surface area contributed by atoms with Crippen molar-refractivity contribution in [3.63, 3.8) is 0 Å². The van der Waals surface area contributed by atoms with Crippen molar-refractivity contribution in [2.24, 2.45) is 0 Å². The lowest BCUT2D eigenvalue weighted by molar-refractivity contribution is -0.111. The van der Waals surface area contributed by atoms with Crippen molar-refractivity contribution in [1.29, 1.82) is 0 Å². The zero-order valence-electron chi connectivity index (χ0n) is 16.5. The minimum atomic E-state index is -0.212. The van der Waals surface area contributed by atoms with Crippen LogP contribution in [-0.2, 0) is 4.79 Å². The third kappa shape index (κ3) is 4.18. The lowest BCUT2D eigenvalue weighted by atomic mass is 10.1. The summed E-state index contributed by atoms with van der Waals surface area (Å²) in [5, 5.41) is 12.4. The minimum Gasteiger partial charge on any atom is -0.495 e. The number of ether oxygens (including phenoxy) is 1. The van der Waals surface area contributed by atoms with Gasteiger partial charge in [0, 0.05) is 11.8 Å². The number of hydrogen-bond donors (Lipinski definition) is 1. The molecule has 6 nitrogen and oxygen atoms in total. The summed E-state index contributed by atoms with van der Waals surface area (Å²) in [7, 11) is 1.56. The molecule has 150 valence electrons. The van der Waals surface area contributed by atoms with Crippen molar-refractivity contribution in [1.82, 2.24) is 15.0 Å². The molecule has 0 bridgehead atoms. The van der Waals surface area contributed by atoms with E-state index in [0.29, 0.717) is 27.7 Å². The maximum atomic E-state index is 12.3. The Labute approximate surface area is 178 Å². The Morgan fingerprint density at radius 1 is 1.07 bits per heavy atom. The normalized spacial score (nSPS) is 11.2. The van der Waals surface area contributed by atoms with Gasteiger partial charge in [-0.1, -0.05) is 41.9 Å². The van der Waals surface area contributed by atoms with E-state index in [0.717, 1.165) is 16.6 Å². The van der Waals surface area contributed by atoms with Crippen LogP contribution < -0.4 is 10.1 Å². The summed E-state index contributed by atoms with van der Waals surface area (Å²) in [6, 6.07) is 18.7. The quantitative estimate of drug-likeness (QED) is 0.461. The molecule has 7 heteroatoms. The molecule has 1 amide bonds. The number of aromatic nitrogens is 3. The number of carbonyl (C=O) groups is 1. The van der Waals surface area contributed by atoms with Gasteiger partial charge < -0.3 is 10.1 Å².